The topological polar surface area (TPSA) is 62.2 Å². The second-order valence-electron chi connectivity index (χ2n) is 6.69. The van der Waals surface area contributed by atoms with E-state index >= 15 is 0 Å². The number of nitrogens with zero attached hydrogens (tertiary/aromatic N) is 3. The number of aryl methyl sites for hydroxylation is 1. The smallest absolute Gasteiger partial charge is 0.319 e. The van der Waals surface area contributed by atoms with Crippen molar-refractivity contribution < 1.29 is 4.79 Å². The molecule has 1 aromatic heterocycles. The second-order valence-corrected chi connectivity index (χ2v) is 6.69. The molecule has 2 amide bonds. The summed E-state index contributed by atoms with van der Waals surface area (Å²) in [5.41, 5.74) is 3.91. The van der Waals surface area contributed by atoms with E-state index in [1.165, 1.54) is 11.1 Å². The Bertz CT molecular complexity index is 872. The molecular formula is C21H25N5O. The van der Waals surface area contributed by atoms with Crippen molar-refractivity contribution in [2.45, 2.75) is 13.0 Å². The lowest BCUT2D eigenvalue weighted by Crippen LogP contribution is -2.37. The number of para-hydroxylation sites is 2. The largest absolute Gasteiger partial charge is 0.336 e. The van der Waals surface area contributed by atoms with Gasteiger partial charge in [0.25, 0.3) is 0 Å². The van der Waals surface area contributed by atoms with E-state index in [1.807, 2.05) is 50.6 Å². The molecule has 0 aliphatic heterocycles. The third-order valence-electron chi connectivity index (χ3n) is 4.44. The highest BCUT2D eigenvalue weighted by Crippen LogP contribution is 2.20. The van der Waals surface area contributed by atoms with Crippen LogP contribution in [0.2, 0.25) is 0 Å². The molecule has 2 N–H and O–H groups in total. The molecule has 6 nitrogen and oxygen atoms in total. The van der Waals surface area contributed by atoms with Crippen LogP contribution in [0.3, 0.4) is 0 Å². The first kappa shape index (κ1) is 18.7. The van der Waals surface area contributed by atoms with Crippen LogP contribution >= 0.6 is 0 Å². The highest BCUT2D eigenvalue weighted by atomic mass is 16.2. The summed E-state index contributed by atoms with van der Waals surface area (Å²) in [6, 6.07) is 17.7. The second kappa shape index (κ2) is 8.51. The van der Waals surface area contributed by atoms with E-state index in [-0.39, 0.29) is 12.1 Å². The highest BCUT2D eigenvalue weighted by molar-refractivity contribution is 5.91. The summed E-state index contributed by atoms with van der Waals surface area (Å²) in [5, 5.41) is 10.1. The summed E-state index contributed by atoms with van der Waals surface area (Å²) in [6.45, 7) is 2.57. The number of hydrogen-bond acceptors (Lipinski definition) is 3. The molecule has 0 fully saturated rings. The molecule has 27 heavy (non-hydrogen) atoms. The molecule has 2 aromatic carbocycles. The molecule has 0 aliphatic rings. The number of amides is 2. The predicted octanol–water partition coefficient (Wildman–Crippen LogP) is 3.61. The lowest BCUT2D eigenvalue weighted by molar-refractivity contribution is 0.243. The van der Waals surface area contributed by atoms with Crippen LogP contribution in [0.15, 0.2) is 67.0 Å². The monoisotopic (exact) mass is 363 g/mol. The van der Waals surface area contributed by atoms with Crippen molar-refractivity contribution in [1.29, 1.82) is 0 Å². The van der Waals surface area contributed by atoms with E-state index < -0.39 is 0 Å². The van der Waals surface area contributed by atoms with Gasteiger partial charge in [-0.15, -0.1) is 0 Å². The molecule has 0 saturated carbocycles. The molecule has 6 heteroatoms. The first-order valence-electron chi connectivity index (χ1n) is 8.91. The molecule has 140 valence electrons. The SMILES string of the molecule is Cc1ccc(C(CNC(=O)Nc2ccccc2-n2cccn2)N(C)C)cc1. The zero-order chi connectivity index (χ0) is 19.2. The van der Waals surface area contributed by atoms with E-state index in [4.69, 9.17) is 0 Å². The number of urea groups is 1. The summed E-state index contributed by atoms with van der Waals surface area (Å²) < 4.78 is 1.73. The van der Waals surface area contributed by atoms with Crippen LogP contribution < -0.4 is 10.6 Å². The average molecular weight is 363 g/mol. The predicted molar refractivity (Wildman–Crippen MR) is 108 cm³/mol. The van der Waals surface area contributed by atoms with Gasteiger partial charge in [-0.2, -0.15) is 5.10 Å². The lowest BCUT2D eigenvalue weighted by atomic mass is 10.0. The zero-order valence-corrected chi connectivity index (χ0v) is 15.9. The lowest BCUT2D eigenvalue weighted by Gasteiger charge is -2.25. The Hall–Kier alpha value is -3.12. The van der Waals surface area contributed by atoms with E-state index in [2.05, 4.69) is 51.8 Å². The molecule has 0 spiro atoms. The summed E-state index contributed by atoms with van der Waals surface area (Å²) in [7, 11) is 4.02. The summed E-state index contributed by atoms with van der Waals surface area (Å²) >= 11 is 0. The van der Waals surface area contributed by atoms with Crippen molar-refractivity contribution in [2.24, 2.45) is 0 Å². The quantitative estimate of drug-likeness (QED) is 0.703. The third-order valence-corrected chi connectivity index (χ3v) is 4.44. The number of anilines is 1. The Morgan fingerprint density at radius 3 is 2.52 bits per heavy atom. The number of hydrogen-bond donors (Lipinski definition) is 2. The molecule has 1 atom stereocenters. The van der Waals surface area contributed by atoms with Gasteiger partial charge in [0.15, 0.2) is 0 Å². The van der Waals surface area contributed by atoms with E-state index in [1.54, 1.807) is 10.9 Å². The van der Waals surface area contributed by atoms with Crippen LogP contribution in [0.4, 0.5) is 10.5 Å². The van der Waals surface area contributed by atoms with Crippen molar-refractivity contribution in [3.63, 3.8) is 0 Å². The van der Waals surface area contributed by atoms with Crippen molar-refractivity contribution in [3.8, 4) is 5.69 Å². The van der Waals surface area contributed by atoms with Crippen molar-refractivity contribution >= 4 is 11.7 Å². The van der Waals surface area contributed by atoms with E-state index in [9.17, 15) is 4.79 Å². The number of nitrogens with one attached hydrogen (secondary N) is 2. The van der Waals surface area contributed by atoms with Crippen molar-refractivity contribution in [2.75, 3.05) is 26.0 Å². The Morgan fingerprint density at radius 1 is 1.11 bits per heavy atom. The molecule has 1 heterocycles. The maximum Gasteiger partial charge on any atom is 0.319 e. The van der Waals surface area contributed by atoms with Crippen LogP contribution in [-0.2, 0) is 0 Å². The van der Waals surface area contributed by atoms with Crippen LogP contribution in [0.25, 0.3) is 5.69 Å². The van der Waals surface area contributed by atoms with Crippen molar-refractivity contribution in [1.82, 2.24) is 20.0 Å². The normalized spacial score (nSPS) is 12.0. The Balaban J connectivity index is 1.66. The number of benzene rings is 2. The maximum absolute atomic E-state index is 12.5. The number of likely N-dealkylation sites (N-methyl/N-ethyl adjacent to an activating group) is 1. The average Bonchev–Trinajstić information content (AvgIpc) is 3.18. The van der Waals surface area contributed by atoms with E-state index in [0.29, 0.717) is 12.2 Å². The molecule has 0 saturated heterocycles. The maximum atomic E-state index is 12.5. The molecular weight excluding hydrogens is 338 g/mol. The summed E-state index contributed by atoms with van der Waals surface area (Å²) in [6.07, 6.45) is 3.55. The molecule has 3 aromatic rings. The number of carbonyl (C=O) groups excluding carboxylic acids is 1. The first-order chi connectivity index (χ1) is 13.0. The Morgan fingerprint density at radius 2 is 1.85 bits per heavy atom. The summed E-state index contributed by atoms with van der Waals surface area (Å²) in [5.74, 6) is 0. The van der Waals surface area contributed by atoms with Crippen LogP contribution in [0.5, 0.6) is 0 Å². The van der Waals surface area contributed by atoms with Gasteiger partial charge in [-0.3, -0.25) is 0 Å². The van der Waals surface area contributed by atoms with Gasteiger partial charge in [0, 0.05) is 18.9 Å². The Kier molecular flexibility index (Phi) is 5.88. The fourth-order valence-electron chi connectivity index (χ4n) is 2.93. The van der Waals surface area contributed by atoms with Gasteiger partial charge in [-0.1, -0.05) is 42.0 Å². The van der Waals surface area contributed by atoms with E-state index in [0.717, 1.165) is 5.69 Å². The Labute approximate surface area is 159 Å². The molecule has 1 unspecified atom stereocenters. The van der Waals surface area contributed by atoms with Crippen LogP contribution in [0, 0.1) is 6.92 Å². The number of aromatic nitrogens is 2. The van der Waals surface area contributed by atoms with Gasteiger partial charge < -0.3 is 15.5 Å². The molecule has 0 aliphatic carbocycles. The minimum atomic E-state index is -0.242. The van der Waals surface area contributed by atoms with Gasteiger partial charge >= 0.3 is 6.03 Å². The molecule has 0 radical (unpaired) electrons. The van der Waals surface area contributed by atoms with Gasteiger partial charge in [-0.05, 0) is 44.8 Å². The summed E-state index contributed by atoms with van der Waals surface area (Å²) in [4.78, 5) is 14.6. The minimum absolute atomic E-state index is 0.0951. The molecule has 0 bridgehead atoms. The fraction of sp³-hybridized carbons (Fsp3) is 0.238. The van der Waals surface area contributed by atoms with Gasteiger partial charge in [0.1, 0.15) is 0 Å². The third kappa shape index (κ3) is 4.74. The van der Waals surface area contributed by atoms with Crippen molar-refractivity contribution in [3.05, 3.63) is 78.1 Å². The van der Waals surface area contributed by atoms with Gasteiger partial charge in [0.05, 0.1) is 17.4 Å². The minimum Gasteiger partial charge on any atom is -0.336 e. The fourth-order valence-corrected chi connectivity index (χ4v) is 2.93. The standard InChI is InChI=1S/C21H25N5O/c1-16-9-11-17(12-10-16)20(25(2)3)15-22-21(27)24-18-7-4-5-8-19(18)26-14-6-13-23-26/h4-14,20H,15H2,1-3H3,(H2,22,24,27). The van der Waals surface area contributed by atoms with Gasteiger partial charge in [0.2, 0.25) is 0 Å². The van der Waals surface area contributed by atoms with Crippen LogP contribution in [-0.4, -0.2) is 41.4 Å². The van der Waals surface area contributed by atoms with Gasteiger partial charge in [-0.25, -0.2) is 9.48 Å². The highest BCUT2D eigenvalue weighted by Gasteiger charge is 2.16. The van der Waals surface area contributed by atoms with Crippen LogP contribution in [0.1, 0.15) is 17.2 Å². The molecule has 3 rings (SSSR count). The number of rotatable bonds is 6. The number of carbonyl (C=O) groups is 1. The zero-order valence-electron chi connectivity index (χ0n) is 15.9. The first-order valence-corrected chi connectivity index (χ1v) is 8.91.